The third-order valence-corrected chi connectivity index (χ3v) is 3.62. The molecule has 0 unspecified atom stereocenters. The van der Waals surface area contributed by atoms with Crippen LogP contribution in [0.15, 0.2) is 12.3 Å². The lowest BCUT2D eigenvalue weighted by Crippen LogP contribution is -2.22. The van der Waals surface area contributed by atoms with Crippen molar-refractivity contribution in [3.8, 4) is 0 Å². The Labute approximate surface area is 121 Å². The summed E-state index contributed by atoms with van der Waals surface area (Å²) in [6, 6.07) is 0. The van der Waals surface area contributed by atoms with Crippen LogP contribution in [0.3, 0.4) is 0 Å². The van der Waals surface area contributed by atoms with E-state index in [9.17, 15) is 9.59 Å². The van der Waals surface area contributed by atoms with Gasteiger partial charge in [0.15, 0.2) is 0 Å². The Balaban J connectivity index is 1.92. The maximum Gasteiger partial charge on any atom is 0.233 e. The van der Waals surface area contributed by atoms with Gasteiger partial charge < -0.3 is 5.11 Å². The summed E-state index contributed by atoms with van der Waals surface area (Å²) >= 11 is 0. The molecule has 0 bridgehead atoms. The summed E-state index contributed by atoms with van der Waals surface area (Å²) in [6.45, 7) is 0.314. The smallest absolute Gasteiger partial charge is 0.233 e. The van der Waals surface area contributed by atoms with Crippen molar-refractivity contribution in [3.05, 3.63) is 12.3 Å². The van der Waals surface area contributed by atoms with Gasteiger partial charge in [-0.05, 0) is 19.3 Å². The molecule has 1 aliphatic heterocycles. The third-order valence-electron chi connectivity index (χ3n) is 3.62. The second kappa shape index (κ2) is 10.6. The Morgan fingerprint density at radius 2 is 1.35 bits per heavy atom. The van der Waals surface area contributed by atoms with Gasteiger partial charge in [0.25, 0.3) is 0 Å². The molecular weight excluding hydrogens is 254 g/mol. The summed E-state index contributed by atoms with van der Waals surface area (Å²) < 4.78 is 0. The first-order valence-corrected chi connectivity index (χ1v) is 7.88. The average molecular weight is 281 g/mol. The van der Waals surface area contributed by atoms with Crippen LogP contribution in [0.1, 0.15) is 70.6 Å². The second-order valence-electron chi connectivity index (χ2n) is 5.38. The highest BCUT2D eigenvalue weighted by molar-refractivity contribution is 6.02. The fourth-order valence-corrected chi connectivity index (χ4v) is 2.37. The maximum absolute atomic E-state index is 11.3. The number of rotatable bonds is 11. The Kier molecular flexibility index (Phi) is 8.96. The molecule has 114 valence electrons. The normalized spacial score (nSPS) is 15.8. The predicted molar refractivity (Wildman–Crippen MR) is 78.9 cm³/mol. The number of imide groups is 1. The van der Waals surface area contributed by atoms with E-state index in [0.717, 1.165) is 25.7 Å². The van der Waals surface area contributed by atoms with Crippen molar-refractivity contribution in [1.29, 1.82) is 0 Å². The lowest BCUT2D eigenvalue weighted by Gasteiger charge is -2.06. The first-order chi connectivity index (χ1) is 9.75. The van der Waals surface area contributed by atoms with Crippen LogP contribution >= 0.6 is 0 Å². The summed E-state index contributed by atoms with van der Waals surface area (Å²) in [5, 5.41) is 8.65. The van der Waals surface area contributed by atoms with Crippen molar-refractivity contribution in [1.82, 2.24) is 4.90 Å². The van der Waals surface area contributed by atoms with Crippen LogP contribution in [0.25, 0.3) is 0 Å². The summed E-state index contributed by atoms with van der Waals surface area (Å²) in [6.07, 6.45) is 14.6. The van der Waals surface area contributed by atoms with E-state index >= 15 is 0 Å². The molecule has 0 aromatic carbocycles. The summed E-state index contributed by atoms with van der Waals surface area (Å²) in [4.78, 5) is 23.9. The van der Waals surface area contributed by atoms with Gasteiger partial charge in [0, 0.05) is 25.6 Å². The molecule has 4 nitrogen and oxygen atoms in total. The predicted octanol–water partition coefficient (Wildman–Crippen LogP) is 3.15. The van der Waals surface area contributed by atoms with Gasteiger partial charge in [0.2, 0.25) is 11.8 Å². The molecule has 0 saturated carbocycles. The van der Waals surface area contributed by atoms with Crippen molar-refractivity contribution in [2.24, 2.45) is 0 Å². The zero-order chi connectivity index (χ0) is 14.6. The van der Waals surface area contributed by atoms with E-state index in [4.69, 9.17) is 5.11 Å². The van der Waals surface area contributed by atoms with Crippen LogP contribution in [-0.2, 0) is 9.59 Å². The van der Waals surface area contributed by atoms with E-state index in [1.54, 1.807) is 6.20 Å². The highest BCUT2D eigenvalue weighted by Gasteiger charge is 2.26. The number of nitrogens with zero attached hydrogens (tertiary/aromatic N) is 1. The quantitative estimate of drug-likeness (QED) is 0.467. The zero-order valence-electron chi connectivity index (χ0n) is 12.4. The highest BCUT2D eigenvalue weighted by Crippen LogP contribution is 2.13. The number of aliphatic hydroxyl groups is 1. The minimum atomic E-state index is -0.0749. The van der Waals surface area contributed by atoms with Gasteiger partial charge in [-0.2, -0.15) is 0 Å². The first kappa shape index (κ1) is 16.9. The van der Waals surface area contributed by atoms with Crippen molar-refractivity contribution >= 4 is 11.8 Å². The van der Waals surface area contributed by atoms with E-state index < -0.39 is 0 Å². The standard InChI is InChI=1S/C16H27NO3/c18-14-10-8-6-4-2-1-3-5-7-9-13-17-15(19)11-12-16(17)20/h9,13,18H,1-8,10-12,14H2. The molecule has 0 spiro atoms. The minimum Gasteiger partial charge on any atom is -0.396 e. The van der Waals surface area contributed by atoms with Crippen LogP contribution in [-0.4, -0.2) is 28.4 Å². The third kappa shape index (κ3) is 6.85. The molecule has 1 heterocycles. The maximum atomic E-state index is 11.3. The van der Waals surface area contributed by atoms with Crippen LogP contribution in [0.5, 0.6) is 0 Å². The molecule has 0 atom stereocenters. The molecule has 1 fully saturated rings. The number of allylic oxidation sites excluding steroid dienone is 1. The Morgan fingerprint density at radius 1 is 0.850 bits per heavy atom. The number of carbonyl (C=O) groups excluding carboxylic acids is 2. The fraction of sp³-hybridized carbons (Fsp3) is 0.750. The molecule has 0 aromatic heterocycles. The molecule has 1 saturated heterocycles. The van der Waals surface area contributed by atoms with Crippen LogP contribution < -0.4 is 0 Å². The number of unbranched alkanes of at least 4 members (excludes halogenated alkanes) is 8. The topological polar surface area (TPSA) is 57.6 Å². The number of likely N-dealkylation sites (tertiary alicyclic amines) is 1. The Bertz CT molecular complexity index is 310. The lowest BCUT2D eigenvalue weighted by atomic mass is 10.1. The molecule has 0 radical (unpaired) electrons. The first-order valence-electron chi connectivity index (χ1n) is 7.88. The molecule has 0 aliphatic carbocycles. The molecular formula is C16H27NO3. The summed E-state index contributed by atoms with van der Waals surface area (Å²) in [7, 11) is 0. The van der Waals surface area contributed by atoms with Gasteiger partial charge in [-0.1, -0.05) is 44.6 Å². The van der Waals surface area contributed by atoms with E-state index in [1.807, 2.05) is 6.08 Å². The van der Waals surface area contributed by atoms with Crippen LogP contribution in [0.4, 0.5) is 0 Å². The minimum absolute atomic E-state index is 0.0749. The zero-order valence-corrected chi connectivity index (χ0v) is 12.4. The number of amides is 2. The van der Waals surface area contributed by atoms with Crippen molar-refractivity contribution < 1.29 is 14.7 Å². The van der Waals surface area contributed by atoms with Crippen LogP contribution in [0, 0.1) is 0 Å². The van der Waals surface area contributed by atoms with Gasteiger partial charge in [-0.15, -0.1) is 0 Å². The highest BCUT2D eigenvalue weighted by atomic mass is 16.3. The molecule has 0 aromatic rings. The van der Waals surface area contributed by atoms with Gasteiger partial charge in [-0.25, -0.2) is 0 Å². The number of aliphatic hydroxyl groups excluding tert-OH is 1. The molecule has 1 aliphatic rings. The van der Waals surface area contributed by atoms with Crippen molar-refractivity contribution in [2.45, 2.75) is 70.6 Å². The number of hydrogen-bond donors (Lipinski definition) is 1. The molecule has 20 heavy (non-hydrogen) atoms. The summed E-state index contributed by atoms with van der Waals surface area (Å²) in [5.41, 5.74) is 0. The molecule has 1 N–H and O–H groups in total. The number of hydrogen-bond acceptors (Lipinski definition) is 3. The molecule has 4 heteroatoms. The monoisotopic (exact) mass is 281 g/mol. The second-order valence-corrected chi connectivity index (χ2v) is 5.38. The van der Waals surface area contributed by atoms with Gasteiger partial charge in [0.1, 0.15) is 0 Å². The van der Waals surface area contributed by atoms with E-state index in [2.05, 4.69) is 0 Å². The van der Waals surface area contributed by atoms with Crippen molar-refractivity contribution in [3.63, 3.8) is 0 Å². The van der Waals surface area contributed by atoms with E-state index in [-0.39, 0.29) is 11.8 Å². The Hall–Kier alpha value is -1.16. The average Bonchev–Trinajstić information content (AvgIpc) is 2.76. The largest absolute Gasteiger partial charge is 0.396 e. The molecule has 1 rings (SSSR count). The van der Waals surface area contributed by atoms with E-state index in [1.165, 1.54) is 37.0 Å². The lowest BCUT2D eigenvalue weighted by molar-refractivity contribution is -0.135. The molecule has 2 amide bonds. The van der Waals surface area contributed by atoms with Gasteiger partial charge >= 0.3 is 0 Å². The van der Waals surface area contributed by atoms with E-state index in [0.29, 0.717) is 19.4 Å². The van der Waals surface area contributed by atoms with Gasteiger partial charge in [-0.3, -0.25) is 14.5 Å². The van der Waals surface area contributed by atoms with Crippen molar-refractivity contribution in [2.75, 3.05) is 6.61 Å². The fourth-order valence-electron chi connectivity index (χ4n) is 2.37. The number of carbonyl (C=O) groups is 2. The summed E-state index contributed by atoms with van der Waals surface area (Å²) in [5.74, 6) is -0.150. The SMILES string of the molecule is O=C1CCC(=O)N1C=CCCCCCCCCCCO. The van der Waals surface area contributed by atoms with Gasteiger partial charge in [0.05, 0.1) is 0 Å². The Morgan fingerprint density at radius 3 is 1.90 bits per heavy atom. The van der Waals surface area contributed by atoms with Crippen LogP contribution in [0.2, 0.25) is 0 Å².